The molecular formula is C44H73BN12O14. The molecule has 2 heterocycles. The molecule has 3 rings (SSSR count). The molecule has 2 fully saturated rings. The highest BCUT2D eigenvalue weighted by atomic mass is 16.4. The maximum atomic E-state index is 13.9. The Morgan fingerprint density at radius 1 is 0.746 bits per heavy atom. The number of β-amino-alcohol motifs (C(OH)–C–C–N with tert-alkyl or cyclic N) is 1. The number of likely N-dealkylation sites (tertiary alicyclic amines) is 1. The first kappa shape index (κ1) is 59.3. The van der Waals surface area contributed by atoms with Crippen molar-refractivity contribution in [3.8, 4) is 0 Å². The fraction of sp³-hybridized carbons (Fsp3) is 0.659. The van der Waals surface area contributed by atoms with Crippen molar-refractivity contribution in [2.75, 3.05) is 126 Å². The molecule has 0 aliphatic carbocycles. The standard InChI is InChI=1S/C44H73BN12O14/c1-51(2)44(46)47-13-6-7-34(50-37(60)27-53-15-17-54(28-39(62)63)19-21-56(30-41(66)67)22-20-55(18-16-53)29-40(64)65)43(69)52(3)14-5-4-8-36(59)48-24-31-9-11-32(12-10-31)42(68)49-25-38(61)57-26-33(58)23-35(57)45(70)71/h9-12,33-35,58,70-71H,4-8,13-30H2,1-3H3,(H2,46,47)(H,48,59)(H,49,68)(H,50,60)(H,62,63)(H,64,65)(H,66,67). The van der Waals surface area contributed by atoms with Crippen LogP contribution in [0.2, 0.25) is 0 Å². The highest BCUT2D eigenvalue weighted by Gasteiger charge is 2.41. The Morgan fingerprint density at radius 2 is 1.27 bits per heavy atom. The number of likely N-dealkylation sites (N-methyl/N-ethyl adjacent to an activating group) is 1. The van der Waals surface area contributed by atoms with Crippen LogP contribution < -0.4 is 21.7 Å². The van der Waals surface area contributed by atoms with Gasteiger partial charge in [0.25, 0.3) is 5.91 Å². The minimum absolute atomic E-state index is 0.0110. The number of unbranched alkanes of at least 4 members (excludes halogenated alkanes) is 1. The number of hydrogen-bond acceptors (Lipinski definition) is 16. The molecule has 2 aliphatic heterocycles. The van der Waals surface area contributed by atoms with Crippen LogP contribution in [0, 0.1) is 0 Å². The molecule has 3 atom stereocenters. The van der Waals surface area contributed by atoms with Crippen molar-refractivity contribution in [1.29, 1.82) is 0 Å². The molecule has 0 spiro atoms. The van der Waals surface area contributed by atoms with Crippen molar-refractivity contribution in [3.05, 3.63) is 35.4 Å². The van der Waals surface area contributed by atoms with Crippen LogP contribution >= 0.6 is 0 Å². The van der Waals surface area contributed by atoms with E-state index in [1.165, 1.54) is 17.0 Å². The lowest BCUT2D eigenvalue weighted by Gasteiger charge is -2.33. The van der Waals surface area contributed by atoms with Crippen molar-refractivity contribution in [2.45, 2.75) is 63.2 Å². The molecule has 2 aliphatic rings. The third kappa shape index (κ3) is 22.8. The average molecular weight is 1000 g/mol. The minimum atomic E-state index is -1.82. The van der Waals surface area contributed by atoms with E-state index < -0.39 is 67.4 Å². The van der Waals surface area contributed by atoms with Crippen molar-refractivity contribution < 1.29 is 68.8 Å². The Balaban J connectivity index is 1.55. The number of nitrogens with one attached hydrogen (secondary N) is 3. The van der Waals surface area contributed by atoms with Gasteiger partial charge < -0.3 is 66.9 Å². The third-order valence-electron chi connectivity index (χ3n) is 12.0. The minimum Gasteiger partial charge on any atom is -0.480 e. The Labute approximate surface area is 413 Å². The fourth-order valence-corrected chi connectivity index (χ4v) is 7.96. The first-order valence-corrected chi connectivity index (χ1v) is 23.7. The van der Waals surface area contributed by atoms with E-state index in [0.717, 1.165) is 4.90 Å². The summed E-state index contributed by atoms with van der Waals surface area (Å²) in [5.41, 5.74) is 6.91. The van der Waals surface area contributed by atoms with Crippen LogP contribution in [0.25, 0.3) is 0 Å². The van der Waals surface area contributed by atoms with Crippen LogP contribution in [0.3, 0.4) is 0 Å². The van der Waals surface area contributed by atoms with Crippen LogP contribution in [0.1, 0.15) is 54.4 Å². The van der Waals surface area contributed by atoms with Crippen LogP contribution in [-0.4, -0.2) is 269 Å². The number of hydrogen-bond donors (Lipinski definition) is 10. The number of carbonyl (C=O) groups is 8. The van der Waals surface area contributed by atoms with Crippen LogP contribution in [0.5, 0.6) is 0 Å². The van der Waals surface area contributed by atoms with E-state index in [4.69, 9.17) is 5.73 Å². The van der Waals surface area contributed by atoms with E-state index >= 15 is 0 Å². The van der Waals surface area contributed by atoms with Crippen LogP contribution in [0.15, 0.2) is 29.3 Å². The molecule has 2 saturated heterocycles. The summed E-state index contributed by atoms with van der Waals surface area (Å²) < 4.78 is 0. The van der Waals surface area contributed by atoms with E-state index in [1.54, 1.807) is 57.8 Å². The van der Waals surface area contributed by atoms with Crippen LogP contribution in [-0.2, 0) is 40.1 Å². The SMILES string of the molecule is CN(C)C(N)=NCCCC(NC(=O)CN1CCN(CC(=O)O)CCN(CC(=O)O)CCN(CC(=O)O)CC1)C(=O)N(C)CCCCC(=O)NCc1ccc(C(=O)NCC(=O)N2CC(O)CC2B(O)O)cc1. The Hall–Kier alpha value is -5.97. The number of aliphatic imine (C=N–C) groups is 1. The monoisotopic (exact) mass is 1000 g/mol. The summed E-state index contributed by atoms with van der Waals surface area (Å²) in [6.45, 7) is 0.869. The Kier molecular flexibility index (Phi) is 25.7. The smallest absolute Gasteiger partial charge is 0.475 e. The van der Waals surface area contributed by atoms with Gasteiger partial charge in [-0.25, -0.2) is 0 Å². The molecule has 0 aromatic heterocycles. The van der Waals surface area contributed by atoms with E-state index in [-0.39, 0.29) is 141 Å². The van der Waals surface area contributed by atoms with Gasteiger partial charge in [0.15, 0.2) is 5.96 Å². The van der Waals surface area contributed by atoms with Crippen molar-refractivity contribution in [3.63, 3.8) is 0 Å². The Morgan fingerprint density at radius 3 is 1.76 bits per heavy atom. The lowest BCUT2D eigenvalue weighted by Crippen LogP contribution is -2.52. The van der Waals surface area contributed by atoms with Gasteiger partial charge in [-0.15, -0.1) is 0 Å². The number of carbonyl (C=O) groups excluding carboxylic acids is 5. The van der Waals surface area contributed by atoms with E-state index in [2.05, 4.69) is 20.9 Å². The number of aliphatic hydroxyl groups is 1. The average Bonchev–Trinajstić information content (AvgIpc) is 3.71. The van der Waals surface area contributed by atoms with Crippen molar-refractivity contribution >= 4 is 60.5 Å². The predicted octanol–water partition coefficient (Wildman–Crippen LogP) is -4.75. The highest BCUT2D eigenvalue weighted by Crippen LogP contribution is 2.19. The quantitative estimate of drug-likeness (QED) is 0.0190. The van der Waals surface area contributed by atoms with E-state index in [1.807, 2.05) is 0 Å². The summed E-state index contributed by atoms with van der Waals surface area (Å²) in [5, 5.41) is 65.7. The summed E-state index contributed by atoms with van der Waals surface area (Å²) in [7, 11) is 3.26. The van der Waals surface area contributed by atoms with Gasteiger partial charge in [0.1, 0.15) is 6.04 Å². The number of nitrogens with two attached hydrogens (primary N) is 1. The zero-order chi connectivity index (χ0) is 52.6. The number of aliphatic carboxylic acids is 3. The number of benzene rings is 1. The molecule has 1 aromatic rings. The van der Waals surface area contributed by atoms with Gasteiger partial charge in [0.2, 0.25) is 23.6 Å². The van der Waals surface area contributed by atoms with Gasteiger partial charge >= 0.3 is 25.0 Å². The molecule has 3 unspecified atom stereocenters. The number of carboxylic acid groups (broad SMARTS) is 3. The van der Waals surface area contributed by atoms with Gasteiger partial charge in [0, 0.05) is 112 Å². The second kappa shape index (κ2) is 30.7. The molecule has 71 heavy (non-hydrogen) atoms. The van der Waals surface area contributed by atoms with Gasteiger partial charge in [-0.05, 0) is 49.8 Å². The van der Waals surface area contributed by atoms with Gasteiger partial charge in [-0.1, -0.05) is 12.1 Å². The van der Waals surface area contributed by atoms with Gasteiger partial charge in [0.05, 0.1) is 44.8 Å². The topological polar surface area (TPSA) is 355 Å². The molecule has 1 aromatic carbocycles. The lowest BCUT2D eigenvalue weighted by atomic mass is 9.77. The van der Waals surface area contributed by atoms with Crippen molar-refractivity contribution in [1.82, 2.24) is 50.2 Å². The number of nitrogens with zero attached hydrogens (tertiary/aromatic N) is 8. The Bertz CT molecular complexity index is 1930. The molecule has 396 valence electrons. The number of guanidine groups is 1. The first-order chi connectivity index (χ1) is 33.6. The predicted molar refractivity (Wildman–Crippen MR) is 258 cm³/mol. The molecule has 5 amide bonds. The summed E-state index contributed by atoms with van der Waals surface area (Å²) in [6, 6.07) is 5.41. The third-order valence-corrected chi connectivity index (χ3v) is 12.0. The number of amides is 5. The maximum absolute atomic E-state index is 13.9. The van der Waals surface area contributed by atoms with Gasteiger partial charge in [-0.2, -0.15) is 0 Å². The molecule has 0 radical (unpaired) electrons. The zero-order valence-corrected chi connectivity index (χ0v) is 41.0. The fourth-order valence-electron chi connectivity index (χ4n) is 7.96. The normalized spacial score (nSPS) is 18.3. The van der Waals surface area contributed by atoms with E-state index in [9.17, 15) is 68.8 Å². The summed E-state index contributed by atoms with van der Waals surface area (Å²) >= 11 is 0. The molecule has 27 heteroatoms. The second-order valence-electron chi connectivity index (χ2n) is 18.0. The first-order valence-electron chi connectivity index (χ1n) is 23.7. The highest BCUT2D eigenvalue weighted by molar-refractivity contribution is 6.43. The number of aliphatic hydroxyl groups excluding tert-OH is 1. The zero-order valence-electron chi connectivity index (χ0n) is 41.0. The number of carboxylic acids is 3. The summed E-state index contributed by atoms with van der Waals surface area (Å²) in [6.07, 6.45) is 0.802. The lowest BCUT2D eigenvalue weighted by molar-refractivity contribution is -0.140. The van der Waals surface area contributed by atoms with Crippen LogP contribution in [0.4, 0.5) is 0 Å². The summed E-state index contributed by atoms with van der Waals surface area (Å²) in [5.74, 6) is -6.09. The summed E-state index contributed by atoms with van der Waals surface area (Å²) in [4.78, 5) is 116. The number of rotatable bonds is 25. The second-order valence-corrected chi connectivity index (χ2v) is 18.0. The maximum Gasteiger partial charge on any atom is 0.475 e. The molecule has 11 N–H and O–H groups in total. The van der Waals surface area contributed by atoms with Gasteiger partial charge in [-0.3, -0.25) is 62.9 Å². The van der Waals surface area contributed by atoms with Crippen molar-refractivity contribution in [2.24, 2.45) is 10.7 Å². The molecule has 26 nitrogen and oxygen atoms in total. The van der Waals surface area contributed by atoms with E-state index in [0.29, 0.717) is 30.8 Å². The molecular weight excluding hydrogens is 931 g/mol. The molecule has 0 bridgehead atoms. The molecule has 0 saturated carbocycles. The largest absolute Gasteiger partial charge is 0.480 e.